The molecule has 1 aromatic rings. The van der Waals surface area contributed by atoms with Crippen LogP contribution in [0.15, 0.2) is 18.2 Å². The molecule has 5 nitrogen and oxygen atoms in total. The fraction of sp³-hybridized carbons (Fsp3) is 0.385. The molecule has 0 aliphatic carbocycles. The summed E-state index contributed by atoms with van der Waals surface area (Å²) in [5.41, 5.74) is 6.16. The van der Waals surface area contributed by atoms with Crippen LogP contribution in [0.1, 0.15) is 24.2 Å². The van der Waals surface area contributed by atoms with Crippen LogP contribution in [0.4, 0.5) is 5.69 Å². The molecule has 0 aromatic heterocycles. The van der Waals surface area contributed by atoms with Gasteiger partial charge in [-0.25, -0.2) is 4.79 Å². The number of rotatable bonds is 5. The molecule has 0 radical (unpaired) electrons. The van der Waals surface area contributed by atoms with Crippen molar-refractivity contribution in [2.24, 2.45) is 5.92 Å². The zero-order chi connectivity index (χ0) is 14.4. The van der Waals surface area contributed by atoms with Crippen LogP contribution in [0.2, 0.25) is 5.02 Å². The highest BCUT2D eigenvalue weighted by Gasteiger charge is 2.13. The first-order valence-electron chi connectivity index (χ1n) is 5.89. The first-order chi connectivity index (χ1) is 8.90. The molecule has 0 aliphatic heterocycles. The van der Waals surface area contributed by atoms with Crippen molar-refractivity contribution in [2.45, 2.75) is 13.8 Å². The van der Waals surface area contributed by atoms with E-state index in [2.05, 4.69) is 5.32 Å². The summed E-state index contributed by atoms with van der Waals surface area (Å²) in [6.07, 6.45) is 0. The normalized spacial score (nSPS) is 10.3. The van der Waals surface area contributed by atoms with Crippen LogP contribution in [0.25, 0.3) is 0 Å². The minimum absolute atomic E-state index is 0.188. The maximum Gasteiger partial charge on any atom is 0.340 e. The minimum atomic E-state index is -0.648. The Bertz CT molecular complexity index is 475. The highest BCUT2D eigenvalue weighted by atomic mass is 35.5. The van der Waals surface area contributed by atoms with Gasteiger partial charge in [-0.2, -0.15) is 0 Å². The van der Waals surface area contributed by atoms with Gasteiger partial charge in [0.25, 0.3) is 5.91 Å². The Morgan fingerprint density at radius 3 is 2.68 bits per heavy atom. The molecule has 1 amide bonds. The zero-order valence-corrected chi connectivity index (χ0v) is 11.7. The van der Waals surface area contributed by atoms with E-state index in [0.717, 1.165) is 0 Å². The van der Waals surface area contributed by atoms with Gasteiger partial charge < -0.3 is 15.8 Å². The molecule has 0 bridgehead atoms. The van der Waals surface area contributed by atoms with E-state index >= 15 is 0 Å². The summed E-state index contributed by atoms with van der Waals surface area (Å²) in [5.74, 6) is -0.649. The Morgan fingerprint density at radius 1 is 1.42 bits per heavy atom. The minimum Gasteiger partial charge on any atom is -0.452 e. The van der Waals surface area contributed by atoms with Crippen molar-refractivity contribution < 1.29 is 14.3 Å². The maximum absolute atomic E-state index is 11.7. The van der Waals surface area contributed by atoms with Crippen molar-refractivity contribution in [3.05, 3.63) is 28.8 Å². The van der Waals surface area contributed by atoms with Crippen LogP contribution in [-0.2, 0) is 9.53 Å². The van der Waals surface area contributed by atoms with E-state index in [4.69, 9.17) is 22.1 Å². The molecule has 0 heterocycles. The van der Waals surface area contributed by atoms with Gasteiger partial charge in [0.15, 0.2) is 6.61 Å². The number of anilines is 1. The number of nitrogens with one attached hydrogen (secondary N) is 1. The quantitative estimate of drug-likeness (QED) is 0.639. The second kappa shape index (κ2) is 6.99. The SMILES string of the molecule is CC(C)CNC(=O)COC(=O)c1ccc(N)cc1Cl. The van der Waals surface area contributed by atoms with Gasteiger partial charge in [0.2, 0.25) is 0 Å². The third kappa shape index (κ3) is 5.18. The number of halogens is 1. The highest BCUT2D eigenvalue weighted by molar-refractivity contribution is 6.33. The van der Waals surface area contributed by atoms with Gasteiger partial charge in [-0.05, 0) is 24.1 Å². The van der Waals surface area contributed by atoms with E-state index in [1.54, 1.807) is 6.07 Å². The molecular formula is C13H17ClN2O3. The fourth-order valence-electron chi connectivity index (χ4n) is 1.27. The summed E-state index contributed by atoms with van der Waals surface area (Å²) in [5, 5.41) is 2.84. The molecule has 3 N–H and O–H groups in total. The number of nitrogen functional groups attached to an aromatic ring is 1. The van der Waals surface area contributed by atoms with Crippen LogP contribution in [0.3, 0.4) is 0 Å². The largest absolute Gasteiger partial charge is 0.452 e. The van der Waals surface area contributed by atoms with Crippen LogP contribution in [0, 0.1) is 5.92 Å². The van der Waals surface area contributed by atoms with Crippen molar-refractivity contribution in [1.82, 2.24) is 5.32 Å². The topological polar surface area (TPSA) is 81.4 Å². The average Bonchev–Trinajstić information content (AvgIpc) is 2.33. The third-order valence-corrected chi connectivity index (χ3v) is 2.57. The smallest absolute Gasteiger partial charge is 0.340 e. The van der Waals surface area contributed by atoms with Crippen molar-refractivity contribution in [3.8, 4) is 0 Å². The van der Waals surface area contributed by atoms with Gasteiger partial charge >= 0.3 is 5.97 Å². The number of amides is 1. The van der Waals surface area contributed by atoms with Crippen molar-refractivity contribution in [2.75, 3.05) is 18.9 Å². The molecule has 1 aromatic carbocycles. The Balaban J connectivity index is 2.49. The molecule has 19 heavy (non-hydrogen) atoms. The average molecular weight is 285 g/mol. The predicted molar refractivity (Wildman–Crippen MR) is 74.0 cm³/mol. The van der Waals surface area contributed by atoms with Gasteiger partial charge in [-0.3, -0.25) is 4.79 Å². The molecule has 0 aliphatic rings. The van der Waals surface area contributed by atoms with E-state index in [9.17, 15) is 9.59 Å². The second-order valence-electron chi connectivity index (χ2n) is 4.51. The zero-order valence-electron chi connectivity index (χ0n) is 10.9. The molecule has 0 saturated heterocycles. The molecule has 0 atom stereocenters. The van der Waals surface area contributed by atoms with Crippen LogP contribution in [-0.4, -0.2) is 25.0 Å². The summed E-state index contributed by atoms with van der Waals surface area (Å²) >= 11 is 5.86. The Hall–Kier alpha value is -1.75. The number of benzene rings is 1. The van der Waals surface area contributed by atoms with Gasteiger partial charge in [-0.15, -0.1) is 0 Å². The molecule has 6 heteroatoms. The van der Waals surface area contributed by atoms with E-state index in [-0.39, 0.29) is 23.1 Å². The van der Waals surface area contributed by atoms with Crippen molar-refractivity contribution in [3.63, 3.8) is 0 Å². The lowest BCUT2D eigenvalue weighted by Gasteiger charge is -2.09. The molecule has 0 fully saturated rings. The fourth-order valence-corrected chi connectivity index (χ4v) is 1.54. The van der Waals surface area contributed by atoms with Gasteiger partial charge in [0.1, 0.15) is 0 Å². The van der Waals surface area contributed by atoms with E-state index < -0.39 is 5.97 Å². The van der Waals surface area contributed by atoms with Crippen LogP contribution in [0.5, 0.6) is 0 Å². The summed E-state index contributed by atoms with van der Waals surface area (Å²) < 4.78 is 4.87. The van der Waals surface area contributed by atoms with Crippen molar-refractivity contribution >= 4 is 29.2 Å². The number of esters is 1. The highest BCUT2D eigenvalue weighted by Crippen LogP contribution is 2.19. The van der Waals surface area contributed by atoms with E-state index in [1.807, 2.05) is 13.8 Å². The molecule has 104 valence electrons. The Morgan fingerprint density at radius 2 is 2.11 bits per heavy atom. The third-order valence-electron chi connectivity index (χ3n) is 2.25. The second-order valence-corrected chi connectivity index (χ2v) is 4.92. The summed E-state index contributed by atoms with van der Waals surface area (Å²) in [7, 11) is 0. The molecule has 0 saturated carbocycles. The standard InChI is InChI=1S/C13H17ClN2O3/c1-8(2)6-16-12(17)7-19-13(18)10-4-3-9(15)5-11(10)14/h3-5,8H,6-7,15H2,1-2H3,(H,16,17). The number of nitrogens with two attached hydrogens (primary N) is 1. The van der Waals surface area contributed by atoms with Gasteiger partial charge in [0.05, 0.1) is 10.6 Å². The first kappa shape index (κ1) is 15.3. The molecule has 0 unspecified atom stereocenters. The Kier molecular flexibility index (Phi) is 5.63. The lowest BCUT2D eigenvalue weighted by atomic mass is 10.2. The molecule has 0 spiro atoms. The van der Waals surface area contributed by atoms with Gasteiger partial charge in [0, 0.05) is 12.2 Å². The van der Waals surface area contributed by atoms with Crippen LogP contribution < -0.4 is 11.1 Å². The summed E-state index contributed by atoms with van der Waals surface area (Å²) in [6, 6.07) is 4.46. The first-order valence-corrected chi connectivity index (χ1v) is 6.26. The number of hydrogen-bond acceptors (Lipinski definition) is 4. The maximum atomic E-state index is 11.7. The van der Waals surface area contributed by atoms with Gasteiger partial charge in [-0.1, -0.05) is 25.4 Å². The lowest BCUT2D eigenvalue weighted by Crippen LogP contribution is -2.31. The molecule has 1 rings (SSSR count). The number of carbonyl (C=O) groups excluding carboxylic acids is 2. The van der Waals surface area contributed by atoms with Crippen LogP contribution >= 0.6 is 11.6 Å². The van der Waals surface area contributed by atoms with Crippen molar-refractivity contribution in [1.29, 1.82) is 0 Å². The number of hydrogen-bond donors (Lipinski definition) is 2. The molecular weight excluding hydrogens is 268 g/mol. The monoisotopic (exact) mass is 284 g/mol. The lowest BCUT2D eigenvalue weighted by molar-refractivity contribution is -0.124. The summed E-state index contributed by atoms with van der Waals surface area (Å²) in [6.45, 7) is 4.16. The number of carbonyl (C=O) groups is 2. The predicted octanol–water partition coefficient (Wildman–Crippen LogP) is 1.85. The summed E-state index contributed by atoms with van der Waals surface area (Å²) in [4.78, 5) is 23.1. The van der Waals surface area contributed by atoms with E-state index in [1.165, 1.54) is 12.1 Å². The Labute approximate surface area is 117 Å². The number of ether oxygens (including phenoxy) is 1. The van der Waals surface area contributed by atoms with E-state index in [0.29, 0.717) is 18.2 Å².